The van der Waals surface area contributed by atoms with Crippen LogP contribution in [-0.4, -0.2) is 24.4 Å². The molecule has 0 heterocycles. The van der Waals surface area contributed by atoms with Gasteiger partial charge < -0.3 is 9.84 Å². The van der Waals surface area contributed by atoms with E-state index in [9.17, 15) is 0 Å². The Morgan fingerprint density at radius 2 is 2.18 bits per heavy atom. The summed E-state index contributed by atoms with van der Waals surface area (Å²) in [5, 5.41) is 8.96. The maximum Gasteiger partial charge on any atom is 0.0681 e. The molecule has 0 aliphatic carbocycles. The van der Waals surface area contributed by atoms with E-state index in [1.807, 2.05) is 0 Å². The largest absolute Gasteiger partial charge is 0.393 e. The van der Waals surface area contributed by atoms with E-state index in [1.54, 1.807) is 14.0 Å². The lowest BCUT2D eigenvalue weighted by Gasteiger charge is -2.12. The number of aliphatic hydroxyl groups is 1. The fraction of sp³-hybridized carbons (Fsp3) is 0.778. The number of hydrogen-bond donors (Lipinski definition) is 1. The van der Waals surface area contributed by atoms with Crippen LogP contribution in [-0.2, 0) is 4.74 Å². The van der Waals surface area contributed by atoms with Crippen LogP contribution in [0.2, 0.25) is 0 Å². The molecule has 0 amide bonds. The first-order chi connectivity index (χ1) is 5.20. The van der Waals surface area contributed by atoms with Gasteiger partial charge in [0, 0.05) is 13.5 Å². The van der Waals surface area contributed by atoms with E-state index in [-0.39, 0.29) is 12.2 Å². The average Bonchev–Trinajstić information content (AvgIpc) is 1.97. The summed E-state index contributed by atoms with van der Waals surface area (Å²) in [5.74, 6) is 2.54. The standard InChI is InChI=1S/C9H16O2/c1-4-5-9(11-3)7-6-8(2)10/h1,8-10H,5-7H2,2-3H3. The zero-order chi connectivity index (χ0) is 8.69. The first-order valence-corrected chi connectivity index (χ1v) is 3.85. The Hall–Kier alpha value is -0.520. The quantitative estimate of drug-likeness (QED) is 0.606. The lowest BCUT2D eigenvalue weighted by atomic mass is 10.1. The van der Waals surface area contributed by atoms with Gasteiger partial charge in [-0.05, 0) is 19.8 Å². The van der Waals surface area contributed by atoms with Crippen LogP contribution in [0.25, 0.3) is 0 Å². The molecular formula is C9H16O2. The van der Waals surface area contributed by atoms with Crippen molar-refractivity contribution in [1.82, 2.24) is 0 Å². The van der Waals surface area contributed by atoms with Crippen molar-refractivity contribution in [2.45, 2.75) is 38.4 Å². The Morgan fingerprint density at radius 1 is 1.55 bits per heavy atom. The maximum atomic E-state index is 8.96. The molecule has 0 bridgehead atoms. The van der Waals surface area contributed by atoms with Gasteiger partial charge in [-0.25, -0.2) is 0 Å². The molecule has 0 aliphatic rings. The molecule has 2 heteroatoms. The molecule has 2 unspecified atom stereocenters. The van der Waals surface area contributed by atoms with Gasteiger partial charge in [0.1, 0.15) is 0 Å². The van der Waals surface area contributed by atoms with Crippen LogP contribution < -0.4 is 0 Å². The van der Waals surface area contributed by atoms with Gasteiger partial charge in [-0.3, -0.25) is 0 Å². The summed E-state index contributed by atoms with van der Waals surface area (Å²) >= 11 is 0. The van der Waals surface area contributed by atoms with Crippen LogP contribution in [0.4, 0.5) is 0 Å². The number of hydrogen-bond acceptors (Lipinski definition) is 2. The number of ether oxygens (including phenoxy) is 1. The molecule has 0 aromatic rings. The predicted octanol–water partition coefficient (Wildman–Crippen LogP) is 1.19. The van der Waals surface area contributed by atoms with Crippen molar-refractivity contribution in [3.63, 3.8) is 0 Å². The Morgan fingerprint density at radius 3 is 2.55 bits per heavy atom. The van der Waals surface area contributed by atoms with Crippen molar-refractivity contribution in [3.05, 3.63) is 0 Å². The van der Waals surface area contributed by atoms with E-state index in [2.05, 4.69) is 5.92 Å². The Bertz CT molecular complexity index is 124. The average molecular weight is 156 g/mol. The van der Waals surface area contributed by atoms with Gasteiger partial charge in [-0.15, -0.1) is 12.3 Å². The van der Waals surface area contributed by atoms with Crippen LogP contribution in [0.5, 0.6) is 0 Å². The second-order valence-electron chi connectivity index (χ2n) is 2.69. The summed E-state index contributed by atoms with van der Waals surface area (Å²) in [4.78, 5) is 0. The Labute approximate surface area is 68.6 Å². The number of rotatable bonds is 5. The Balaban J connectivity index is 3.45. The van der Waals surface area contributed by atoms with E-state index >= 15 is 0 Å². The van der Waals surface area contributed by atoms with Crippen LogP contribution >= 0.6 is 0 Å². The summed E-state index contributed by atoms with van der Waals surface area (Å²) in [6.07, 6.45) is 7.18. The predicted molar refractivity (Wildman–Crippen MR) is 45.2 cm³/mol. The molecule has 0 rings (SSSR count). The second kappa shape index (κ2) is 6.21. The van der Waals surface area contributed by atoms with Gasteiger partial charge in [0.25, 0.3) is 0 Å². The van der Waals surface area contributed by atoms with Crippen molar-refractivity contribution in [2.75, 3.05) is 7.11 Å². The lowest BCUT2D eigenvalue weighted by Crippen LogP contribution is -2.12. The molecule has 0 saturated carbocycles. The molecular weight excluding hydrogens is 140 g/mol. The molecule has 0 radical (unpaired) electrons. The van der Waals surface area contributed by atoms with E-state index in [0.717, 1.165) is 12.8 Å². The molecule has 0 spiro atoms. The van der Waals surface area contributed by atoms with E-state index in [1.165, 1.54) is 0 Å². The lowest BCUT2D eigenvalue weighted by molar-refractivity contribution is 0.0803. The minimum atomic E-state index is -0.259. The summed E-state index contributed by atoms with van der Waals surface area (Å²) in [6.45, 7) is 1.77. The number of methoxy groups -OCH3 is 1. The molecule has 0 saturated heterocycles. The normalized spacial score (nSPS) is 15.5. The highest BCUT2D eigenvalue weighted by atomic mass is 16.5. The molecule has 2 nitrogen and oxygen atoms in total. The van der Waals surface area contributed by atoms with E-state index < -0.39 is 0 Å². The smallest absolute Gasteiger partial charge is 0.0681 e. The molecule has 0 aromatic carbocycles. The molecule has 0 aliphatic heterocycles. The van der Waals surface area contributed by atoms with Gasteiger partial charge >= 0.3 is 0 Å². The van der Waals surface area contributed by atoms with Crippen LogP contribution in [0.3, 0.4) is 0 Å². The van der Waals surface area contributed by atoms with Gasteiger partial charge in [-0.2, -0.15) is 0 Å². The minimum Gasteiger partial charge on any atom is -0.393 e. The summed E-state index contributed by atoms with van der Waals surface area (Å²) < 4.78 is 5.09. The Kier molecular flexibility index (Phi) is 5.91. The zero-order valence-corrected chi connectivity index (χ0v) is 7.21. The fourth-order valence-electron chi connectivity index (χ4n) is 0.862. The first-order valence-electron chi connectivity index (χ1n) is 3.85. The van der Waals surface area contributed by atoms with Crippen molar-refractivity contribution in [2.24, 2.45) is 0 Å². The SMILES string of the molecule is C#CCC(CCC(C)O)OC. The molecule has 0 aromatic heterocycles. The summed E-state index contributed by atoms with van der Waals surface area (Å²) in [6, 6.07) is 0. The van der Waals surface area contributed by atoms with Crippen molar-refractivity contribution >= 4 is 0 Å². The van der Waals surface area contributed by atoms with Gasteiger partial charge in [0.15, 0.2) is 0 Å². The van der Waals surface area contributed by atoms with Crippen molar-refractivity contribution < 1.29 is 9.84 Å². The van der Waals surface area contributed by atoms with Crippen molar-refractivity contribution in [3.8, 4) is 12.3 Å². The highest BCUT2D eigenvalue weighted by molar-refractivity contribution is 4.87. The van der Waals surface area contributed by atoms with Crippen molar-refractivity contribution in [1.29, 1.82) is 0 Å². The van der Waals surface area contributed by atoms with Gasteiger partial charge in [0.2, 0.25) is 0 Å². The van der Waals surface area contributed by atoms with Gasteiger partial charge in [0.05, 0.1) is 12.2 Å². The summed E-state index contributed by atoms with van der Waals surface area (Å²) in [5.41, 5.74) is 0. The minimum absolute atomic E-state index is 0.106. The first kappa shape index (κ1) is 10.5. The highest BCUT2D eigenvalue weighted by Crippen LogP contribution is 2.07. The zero-order valence-electron chi connectivity index (χ0n) is 7.21. The topological polar surface area (TPSA) is 29.5 Å². The molecule has 1 N–H and O–H groups in total. The molecule has 2 atom stereocenters. The monoisotopic (exact) mass is 156 g/mol. The molecule has 64 valence electrons. The van der Waals surface area contributed by atoms with Crippen LogP contribution in [0, 0.1) is 12.3 Å². The summed E-state index contributed by atoms with van der Waals surface area (Å²) in [7, 11) is 1.64. The van der Waals surface area contributed by atoms with Gasteiger partial charge in [-0.1, -0.05) is 0 Å². The number of terminal acetylenes is 1. The van der Waals surface area contributed by atoms with E-state index in [0.29, 0.717) is 6.42 Å². The molecule has 11 heavy (non-hydrogen) atoms. The molecule has 0 fully saturated rings. The number of aliphatic hydroxyl groups excluding tert-OH is 1. The second-order valence-corrected chi connectivity index (χ2v) is 2.69. The van der Waals surface area contributed by atoms with Crippen LogP contribution in [0.15, 0.2) is 0 Å². The maximum absolute atomic E-state index is 8.96. The third-order valence-corrected chi connectivity index (χ3v) is 1.59. The third-order valence-electron chi connectivity index (χ3n) is 1.59. The fourth-order valence-corrected chi connectivity index (χ4v) is 0.862. The highest BCUT2D eigenvalue weighted by Gasteiger charge is 2.06. The van der Waals surface area contributed by atoms with E-state index in [4.69, 9.17) is 16.3 Å². The van der Waals surface area contributed by atoms with Crippen LogP contribution in [0.1, 0.15) is 26.2 Å². The third kappa shape index (κ3) is 5.90.